The highest BCUT2D eigenvalue weighted by Crippen LogP contribution is 2.32. The van der Waals surface area contributed by atoms with E-state index in [1.54, 1.807) is 6.20 Å². The summed E-state index contributed by atoms with van der Waals surface area (Å²) in [5.74, 6) is -1.90. The van der Waals surface area contributed by atoms with Crippen molar-refractivity contribution in [1.82, 2.24) is 25.1 Å². The molecule has 0 unspecified atom stereocenters. The molecule has 1 aliphatic heterocycles. The molecule has 4 aromatic rings. The van der Waals surface area contributed by atoms with Gasteiger partial charge in [0, 0.05) is 36.3 Å². The Morgan fingerprint density at radius 3 is 2.61 bits per heavy atom. The quantitative estimate of drug-likeness (QED) is 0.325. The van der Waals surface area contributed by atoms with Gasteiger partial charge in [-0.3, -0.25) is 4.68 Å². The number of alkyl halides is 3. The number of oxazole rings is 1. The first-order chi connectivity index (χ1) is 17.2. The average Bonchev–Trinajstić information content (AvgIpc) is 3.52. The van der Waals surface area contributed by atoms with E-state index in [1.165, 1.54) is 0 Å². The van der Waals surface area contributed by atoms with Gasteiger partial charge < -0.3 is 25.9 Å². The number of aliphatic carboxylic acids is 1. The Hall–Kier alpha value is -4.13. The van der Waals surface area contributed by atoms with Crippen molar-refractivity contribution in [2.45, 2.75) is 25.1 Å². The van der Waals surface area contributed by atoms with E-state index in [2.05, 4.69) is 36.6 Å². The summed E-state index contributed by atoms with van der Waals surface area (Å²) < 4.78 is 39.7. The molecule has 10 nitrogen and oxygen atoms in total. The van der Waals surface area contributed by atoms with Crippen LogP contribution in [0, 0.1) is 0 Å². The number of hydrogen-bond donors (Lipinski definition) is 4. The summed E-state index contributed by atoms with van der Waals surface area (Å²) in [6.07, 6.45) is 2.82. The number of fused-ring (bicyclic) bond motifs is 1. The molecule has 190 valence electrons. The van der Waals surface area contributed by atoms with Gasteiger partial charge in [0.25, 0.3) is 0 Å². The largest absolute Gasteiger partial charge is 0.490 e. The number of hydrogen-bond acceptors (Lipinski definition) is 8. The summed E-state index contributed by atoms with van der Waals surface area (Å²) in [4.78, 5) is 17.9. The van der Waals surface area contributed by atoms with Crippen molar-refractivity contribution in [2.75, 3.05) is 31.2 Å². The molecule has 0 radical (unpaired) electrons. The molecular formula is C23H24F3N7O3. The Bertz CT molecular complexity index is 1360. The average molecular weight is 503 g/mol. The molecule has 13 heteroatoms. The number of benzene rings is 1. The maximum atomic E-state index is 10.6. The maximum Gasteiger partial charge on any atom is 0.490 e. The summed E-state index contributed by atoms with van der Waals surface area (Å²) in [6, 6.07) is 8.19. The van der Waals surface area contributed by atoms with Crippen LogP contribution in [0.5, 0.6) is 0 Å². The molecule has 1 saturated heterocycles. The highest BCUT2D eigenvalue weighted by molar-refractivity contribution is 5.83. The molecule has 0 saturated carbocycles. The van der Waals surface area contributed by atoms with Crippen LogP contribution < -0.4 is 16.4 Å². The zero-order valence-electron chi connectivity index (χ0n) is 19.2. The van der Waals surface area contributed by atoms with Crippen LogP contribution in [-0.2, 0) is 4.79 Å². The fraction of sp³-hybridized carbons (Fsp3) is 0.304. The van der Waals surface area contributed by atoms with E-state index in [-0.39, 0.29) is 0 Å². The molecule has 1 aromatic carbocycles. The molecule has 4 heterocycles. The molecule has 0 amide bonds. The van der Waals surface area contributed by atoms with E-state index >= 15 is 0 Å². The predicted molar refractivity (Wildman–Crippen MR) is 127 cm³/mol. The maximum absolute atomic E-state index is 10.6. The first-order valence-corrected chi connectivity index (χ1v) is 11.1. The van der Waals surface area contributed by atoms with E-state index in [4.69, 9.17) is 20.1 Å². The van der Waals surface area contributed by atoms with Gasteiger partial charge in [-0.05, 0) is 50.2 Å². The third-order valence-corrected chi connectivity index (χ3v) is 5.69. The highest BCUT2D eigenvalue weighted by atomic mass is 19.4. The van der Waals surface area contributed by atoms with E-state index < -0.39 is 12.1 Å². The Morgan fingerprint density at radius 2 is 1.94 bits per heavy atom. The van der Waals surface area contributed by atoms with Gasteiger partial charge in [-0.25, -0.2) is 14.8 Å². The third kappa shape index (κ3) is 5.57. The molecule has 0 atom stereocenters. The molecule has 36 heavy (non-hydrogen) atoms. The van der Waals surface area contributed by atoms with Crippen LogP contribution in [0.1, 0.15) is 18.9 Å². The Labute approximate surface area is 203 Å². The number of carbonyl (C=O) groups is 1. The summed E-state index contributed by atoms with van der Waals surface area (Å²) in [7, 11) is 1.87. The topological polar surface area (TPSA) is 144 Å². The molecular weight excluding hydrogens is 479 g/mol. The minimum atomic E-state index is -5.08. The molecule has 1 fully saturated rings. The number of nitrogens with zero attached hydrogens (tertiary/aromatic N) is 4. The van der Waals surface area contributed by atoms with Crippen molar-refractivity contribution in [3.05, 3.63) is 42.9 Å². The van der Waals surface area contributed by atoms with E-state index in [0.29, 0.717) is 28.9 Å². The van der Waals surface area contributed by atoms with E-state index in [0.717, 1.165) is 48.3 Å². The first kappa shape index (κ1) is 25.0. The zero-order valence-corrected chi connectivity index (χ0v) is 19.2. The SMILES string of the molecule is CNc1ccc2oc(-c3cc(-c4cnn(C5CCNCC5)c4)cnc3N)nc2c1.O=C(O)C(F)(F)F. The van der Waals surface area contributed by atoms with Crippen molar-refractivity contribution in [2.24, 2.45) is 0 Å². The van der Waals surface area contributed by atoms with E-state index in [9.17, 15) is 13.2 Å². The molecule has 3 aromatic heterocycles. The van der Waals surface area contributed by atoms with Crippen LogP contribution >= 0.6 is 0 Å². The third-order valence-electron chi connectivity index (χ3n) is 5.69. The van der Waals surface area contributed by atoms with E-state index in [1.807, 2.05) is 37.5 Å². The molecule has 0 bridgehead atoms. The van der Waals surface area contributed by atoms with Gasteiger partial charge in [-0.15, -0.1) is 0 Å². The minimum Gasteiger partial charge on any atom is -0.475 e. The van der Waals surface area contributed by atoms with Crippen LogP contribution in [0.25, 0.3) is 33.7 Å². The molecule has 1 aliphatic rings. The Balaban J connectivity index is 0.000000384. The number of nitrogens with one attached hydrogen (secondary N) is 2. The van der Waals surface area contributed by atoms with Crippen LogP contribution in [0.4, 0.5) is 24.7 Å². The fourth-order valence-corrected chi connectivity index (χ4v) is 3.76. The second-order valence-corrected chi connectivity index (χ2v) is 8.10. The van der Waals surface area contributed by atoms with Crippen molar-refractivity contribution in [3.8, 4) is 22.6 Å². The number of nitrogen functional groups attached to an aromatic ring is 1. The second-order valence-electron chi connectivity index (χ2n) is 8.10. The smallest absolute Gasteiger partial charge is 0.475 e. The first-order valence-electron chi connectivity index (χ1n) is 11.1. The van der Waals surface area contributed by atoms with Crippen LogP contribution in [0.2, 0.25) is 0 Å². The lowest BCUT2D eigenvalue weighted by atomic mass is 10.1. The lowest BCUT2D eigenvalue weighted by molar-refractivity contribution is -0.192. The highest BCUT2D eigenvalue weighted by Gasteiger charge is 2.38. The minimum absolute atomic E-state index is 0.389. The number of carboxylic acids is 1. The van der Waals surface area contributed by atoms with Crippen molar-refractivity contribution >= 4 is 28.6 Å². The second kappa shape index (κ2) is 10.2. The fourth-order valence-electron chi connectivity index (χ4n) is 3.76. The van der Waals surface area contributed by atoms with Gasteiger partial charge in [-0.2, -0.15) is 18.3 Å². The van der Waals surface area contributed by atoms with Gasteiger partial charge in [-0.1, -0.05) is 0 Å². The van der Waals surface area contributed by atoms with Gasteiger partial charge in [0.15, 0.2) is 5.58 Å². The standard InChI is InChI=1S/C21H23N7O.C2HF3O2/c1-23-15-2-3-19-18(9-15)27-21(29-19)17-8-13(10-25-20(17)22)14-11-26-28(12-14)16-4-6-24-7-5-16;3-2(4,5)1(6)7/h2-3,8-12,16,23-24H,4-7H2,1H3,(H2,22,25);(H,6,7). The number of halogens is 3. The Kier molecular flexibility index (Phi) is 7.10. The molecule has 0 aliphatic carbocycles. The number of pyridine rings is 1. The molecule has 5 N–H and O–H groups in total. The van der Waals surface area contributed by atoms with Gasteiger partial charge in [0.1, 0.15) is 11.3 Å². The summed E-state index contributed by atoms with van der Waals surface area (Å²) in [5, 5.41) is 18.2. The van der Waals surface area contributed by atoms with Crippen molar-refractivity contribution in [3.63, 3.8) is 0 Å². The zero-order chi connectivity index (χ0) is 25.9. The van der Waals surface area contributed by atoms with Crippen LogP contribution in [0.3, 0.4) is 0 Å². The lowest BCUT2D eigenvalue weighted by Gasteiger charge is -2.22. The monoisotopic (exact) mass is 503 g/mol. The number of rotatable bonds is 4. The molecule has 0 spiro atoms. The van der Waals surface area contributed by atoms with Gasteiger partial charge in [0.05, 0.1) is 17.8 Å². The Morgan fingerprint density at radius 1 is 1.22 bits per heavy atom. The summed E-state index contributed by atoms with van der Waals surface area (Å²) in [6.45, 7) is 2.06. The summed E-state index contributed by atoms with van der Waals surface area (Å²) >= 11 is 0. The number of anilines is 2. The predicted octanol–water partition coefficient (Wildman–Crippen LogP) is 3.94. The van der Waals surface area contributed by atoms with Gasteiger partial charge in [0.2, 0.25) is 5.89 Å². The lowest BCUT2D eigenvalue weighted by Crippen LogP contribution is -2.29. The van der Waals surface area contributed by atoms with Crippen molar-refractivity contribution < 1.29 is 27.5 Å². The number of piperidine rings is 1. The number of nitrogens with two attached hydrogens (primary N) is 1. The van der Waals surface area contributed by atoms with Gasteiger partial charge >= 0.3 is 12.1 Å². The number of aromatic nitrogens is 4. The molecule has 5 rings (SSSR count). The summed E-state index contributed by atoms with van der Waals surface area (Å²) in [5.41, 5.74) is 11.2. The van der Waals surface area contributed by atoms with Crippen LogP contribution in [-0.4, -0.2) is 57.1 Å². The number of carboxylic acid groups (broad SMARTS) is 1. The van der Waals surface area contributed by atoms with Crippen molar-refractivity contribution in [1.29, 1.82) is 0 Å². The van der Waals surface area contributed by atoms with Crippen LogP contribution in [0.15, 0.2) is 47.3 Å². The normalized spacial score (nSPS) is 14.3.